The number of aryl methyl sites for hydroxylation is 1. The number of pyridine rings is 1. The highest BCUT2D eigenvalue weighted by Gasteiger charge is 2.43. The summed E-state index contributed by atoms with van der Waals surface area (Å²) >= 11 is 1.58. The first kappa shape index (κ1) is 44.4. The molecule has 5 aromatic carbocycles. The van der Waals surface area contributed by atoms with Gasteiger partial charge in [-0.3, -0.25) is 14.5 Å². The molecule has 8 rings (SSSR count). The Morgan fingerprint density at radius 2 is 1.56 bits per heavy atom. The number of thiophene rings is 1. The smallest absolute Gasteiger partial charge is 0.347 e. The summed E-state index contributed by atoms with van der Waals surface area (Å²) < 4.78 is 6.16. The number of ketones is 1. The second-order valence-corrected chi connectivity index (χ2v) is 17.9. The summed E-state index contributed by atoms with van der Waals surface area (Å²) in [6.45, 7) is 5.37. The molecule has 328 valence electrons. The highest BCUT2D eigenvalue weighted by atomic mass is 32.1. The Labute approximate surface area is 376 Å². The molecule has 0 aliphatic carbocycles. The predicted molar refractivity (Wildman–Crippen MR) is 251 cm³/mol. The van der Waals surface area contributed by atoms with Crippen LogP contribution in [0.25, 0.3) is 21.3 Å². The van der Waals surface area contributed by atoms with E-state index in [2.05, 4.69) is 39.5 Å². The van der Waals surface area contributed by atoms with Crippen molar-refractivity contribution in [2.45, 2.75) is 63.5 Å². The summed E-state index contributed by atoms with van der Waals surface area (Å²) in [6.07, 6.45) is 1.45. The number of hydrogen-bond donors (Lipinski definition) is 5. The van der Waals surface area contributed by atoms with Crippen molar-refractivity contribution in [2.24, 2.45) is 5.92 Å². The summed E-state index contributed by atoms with van der Waals surface area (Å²) in [7, 11) is 0. The monoisotopic (exact) mass is 875 g/mol. The molecule has 0 bridgehead atoms. The van der Waals surface area contributed by atoms with Gasteiger partial charge in [-0.15, -0.1) is 11.3 Å². The van der Waals surface area contributed by atoms with E-state index in [4.69, 9.17) is 4.74 Å². The van der Waals surface area contributed by atoms with Gasteiger partial charge in [0.1, 0.15) is 11.9 Å². The third-order valence-electron chi connectivity index (χ3n) is 12.4. The van der Waals surface area contributed by atoms with Gasteiger partial charge in [0.25, 0.3) is 0 Å². The number of phenols is 1. The zero-order chi connectivity index (χ0) is 44.6. The number of ether oxygens (including phenoxy) is 1. The average Bonchev–Trinajstić information content (AvgIpc) is 3.81. The van der Waals surface area contributed by atoms with Gasteiger partial charge >= 0.3 is 5.97 Å². The number of fused-ring (bicyclic) bond motifs is 1. The van der Waals surface area contributed by atoms with E-state index in [1.807, 2.05) is 85.8 Å². The number of benzene rings is 5. The van der Waals surface area contributed by atoms with Crippen LogP contribution in [0.4, 0.5) is 0 Å². The van der Waals surface area contributed by atoms with Gasteiger partial charge in [-0.25, -0.2) is 4.79 Å². The number of phenolic OH excluding ortho intramolecular Hbond substituents is 1. The summed E-state index contributed by atoms with van der Waals surface area (Å²) in [5.74, 6) is -0.537. The van der Waals surface area contributed by atoms with Crippen molar-refractivity contribution in [2.75, 3.05) is 19.6 Å². The molecule has 1 saturated heterocycles. The first-order valence-electron chi connectivity index (χ1n) is 21.9. The van der Waals surface area contributed by atoms with Crippen LogP contribution in [0.1, 0.15) is 75.3 Å². The van der Waals surface area contributed by atoms with E-state index in [1.54, 1.807) is 41.7 Å². The van der Waals surface area contributed by atoms with Gasteiger partial charge in [0, 0.05) is 58.4 Å². The van der Waals surface area contributed by atoms with E-state index in [-0.39, 0.29) is 41.2 Å². The van der Waals surface area contributed by atoms with Crippen LogP contribution >= 0.6 is 11.3 Å². The van der Waals surface area contributed by atoms with Crippen molar-refractivity contribution in [3.8, 4) is 16.2 Å². The lowest BCUT2D eigenvalue weighted by atomic mass is 9.85. The van der Waals surface area contributed by atoms with Gasteiger partial charge < -0.3 is 30.4 Å². The molecule has 11 heteroatoms. The second kappa shape index (κ2) is 20.1. The minimum absolute atomic E-state index is 0.0301. The van der Waals surface area contributed by atoms with Crippen LogP contribution in [0, 0.1) is 5.92 Å². The van der Waals surface area contributed by atoms with Crippen LogP contribution in [0.15, 0.2) is 150 Å². The van der Waals surface area contributed by atoms with Crippen molar-refractivity contribution in [1.82, 2.24) is 15.2 Å². The molecule has 7 aromatic rings. The van der Waals surface area contributed by atoms with Crippen LogP contribution in [-0.2, 0) is 34.6 Å². The molecule has 0 amide bonds. The number of carbonyl (C=O) groups excluding carboxylic acids is 2. The van der Waals surface area contributed by atoms with Crippen LogP contribution in [-0.4, -0.2) is 62.7 Å². The minimum atomic E-state index is -2.02. The maximum absolute atomic E-state index is 14.2. The number of nitrogens with zero attached hydrogens (tertiary/aromatic N) is 1. The van der Waals surface area contributed by atoms with E-state index in [0.29, 0.717) is 47.0 Å². The van der Waals surface area contributed by atoms with Gasteiger partial charge in [0.05, 0.1) is 11.6 Å². The molecule has 0 radical (unpaired) electrons. The molecule has 10 nitrogen and oxygen atoms in total. The molecule has 1 fully saturated rings. The lowest BCUT2D eigenvalue weighted by Crippen LogP contribution is -2.43. The van der Waals surface area contributed by atoms with E-state index in [9.17, 15) is 29.7 Å². The molecule has 1 aliphatic rings. The Morgan fingerprint density at radius 3 is 2.31 bits per heavy atom. The number of aliphatic hydroxyl groups is 2. The Balaban J connectivity index is 0.860. The number of aromatic nitrogens is 1. The Kier molecular flexibility index (Phi) is 13.9. The number of aromatic amines is 1. The van der Waals surface area contributed by atoms with Gasteiger partial charge in [-0.1, -0.05) is 109 Å². The molecule has 2 aromatic heterocycles. The van der Waals surface area contributed by atoms with Crippen LogP contribution in [0.5, 0.6) is 5.75 Å². The fourth-order valence-corrected chi connectivity index (χ4v) is 9.62. The van der Waals surface area contributed by atoms with Crippen molar-refractivity contribution in [1.29, 1.82) is 0 Å². The third-order valence-corrected chi connectivity index (χ3v) is 13.6. The fourth-order valence-electron chi connectivity index (χ4n) is 8.62. The zero-order valence-electron chi connectivity index (χ0n) is 35.8. The Morgan fingerprint density at radius 1 is 0.844 bits per heavy atom. The largest absolute Gasteiger partial charge is 0.506 e. The number of aromatic hydroxyl groups is 1. The van der Waals surface area contributed by atoms with Gasteiger partial charge in [-0.2, -0.15) is 0 Å². The van der Waals surface area contributed by atoms with E-state index < -0.39 is 17.7 Å². The van der Waals surface area contributed by atoms with Crippen molar-refractivity contribution in [3.63, 3.8) is 0 Å². The van der Waals surface area contributed by atoms with Crippen molar-refractivity contribution >= 4 is 34.0 Å². The number of aliphatic hydroxyl groups excluding tert-OH is 1. The molecule has 1 aliphatic heterocycles. The minimum Gasteiger partial charge on any atom is -0.506 e. The molecule has 0 unspecified atom stereocenters. The molecule has 3 atom stereocenters. The van der Waals surface area contributed by atoms with Gasteiger partial charge in [0.15, 0.2) is 5.78 Å². The van der Waals surface area contributed by atoms with Crippen LogP contribution in [0.3, 0.4) is 0 Å². The first-order chi connectivity index (χ1) is 31.0. The molecule has 0 saturated carbocycles. The predicted octanol–water partition coefficient (Wildman–Crippen LogP) is 8.68. The number of piperidine rings is 1. The number of likely N-dealkylation sites (tertiary alicyclic amines) is 1. The van der Waals surface area contributed by atoms with Crippen LogP contribution in [0.2, 0.25) is 0 Å². The Hall–Kier alpha value is -6.21. The van der Waals surface area contributed by atoms with E-state index >= 15 is 0 Å². The molecular weight excluding hydrogens is 823 g/mol. The number of rotatable bonds is 17. The first-order valence-corrected chi connectivity index (χ1v) is 22.7. The van der Waals surface area contributed by atoms with Gasteiger partial charge in [0.2, 0.25) is 11.2 Å². The topological polar surface area (TPSA) is 152 Å². The number of nitrogens with one attached hydrogen (secondary N) is 2. The molecule has 64 heavy (non-hydrogen) atoms. The maximum Gasteiger partial charge on any atom is 0.347 e. The second-order valence-electron chi connectivity index (χ2n) is 16.7. The third kappa shape index (κ3) is 10.3. The van der Waals surface area contributed by atoms with Crippen molar-refractivity contribution in [3.05, 3.63) is 194 Å². The number of carbonyl (C=O) groups is 2. The summed E-state index contributed by atoms with van der Waals surface area (Å²) in [5.41, 5.74) is 3.09. The highest BCUT2D eigenvalue weighted by molar-refractivity contribution is 7.15. The normalized spacial score (nSPS) is 15.4. The quantitative estimate of drug-likeness (QED) is 0.0447. The molecule has 0 spiro atoms. The SMILES string of the molecule is C[C@@H](OC(=O)[C@](O)(c1ccccc1)c1cccc(-c2ccc(CCC(=O)c3ccc(CNC[C@H](O)c4ccc(O)c5[nH]c(=O)ccc45)cc3)s2)c1)C1CCN(Cc2ccccc2)CC1. The van der Waals surface area contributed by atoms with Crippen LogP contribution < -0.4 is 10.9 Å². The standard InChI is InChI=1S/C53H53N3O7S/c1-35(38-27-29-56(30-28-38)34-37-9-4-2-5-10-37)63-52(61)53(62,41-12-6-3-7-13-41)42-14-8-11-40(31-42)49-25-20-43(64-49)19-23-46(57)39-17-15-36(16-18-39)32-54-33-48(59)44-21-24-47(58)51-45(44)22-26-50(60)55-51/h2-18,20-22,24-26,31,35,38,48,54,58-59,62H,19,23,27-30,32-34H2,1H3,(H,55,60)/t35-,48+,53+/m1/s1. The highest BCUT2D eigenvalue weighted by Crippen LogP contribution is 2.37. The number of esters is 1. The molecule has 5 N–H and O–H groups in total. The molecular formula is C53H53N3O7S. The number of H-pyrrole nitrogens is 1. The summed E-state index contributed by atoms with van der Waals surface area (Å²) in [6, 6.07) is 44.4. The van der Waals surface area contributed by atoms with E-state index in [1.165, 1.54) is 17.7 Å². The number of Topliss-reactive ketones (excluding diaryl/α,β-unsaturated/α-hetero) is 1. The average molecular weight is 876 g/mol. The number of hydrogen-bond acceptors (Lipinski definition) is 10. The fraction of sp³-hybridized carbons (Fsp3) is 0.264. The zero-order valence-corrected chi connectivity index (χ0v) is 36.6. The van der Waals surface area contributed by atoms with Gasteiger partial charge in [-0.05, 0) is 103 Å². The maximum atomic E-state index is 14.2. The summed E-state index contributed by atoms with van der Waals surface area (Å²) in [5, 5.41) is 37.3. The Bertz CT molecular complexity index is 2750. The van der Waals surface area contributed by atoms with E-state index in [0.717, 1.165) is 53.4 Å². The lowest BCUT2D eigenvalue weighted by molar-refractivity contribution is -0.170. The van der Waals surface area contributed by atoms with Crippen molar-refractivity contribution < 1.29 is 29.6 Å². The summed E-state index contributed by atoms with van der Waals surface area (Å²) in [4.78, 5) is 46.3. The lowest BCUT2D eigenvalue weighted by Gasteiger charge is -2.36. The molecule has 3 heterocycles.